The average molecular weight is 407 g/mol. The number of rotatable bonds is 5. The van der Waals surface area contributed by atoms with Crippen LogP contribution >= 0.6 is 0 Å². The van der Waals surface area contributed by atoms with E-state index in [2.05, 4.69) is 15.0 Å². The Labute approximate surface area is 175 Å². The highest BCUT2D eigenvalue weighted by Crippen LogP contribution is 2.20. The Bertz CT molecular complexity index is 1010. The zero-order chi connectivity index (χ0) is 21.1. The molecule has 3 heterocycles. The lowest BCUT2D eigenvalue weighted by Gasteiger charge is -2.34. The molecule has 0 spiro atoms. The monoisotopic (exact) mass is 407 g/mol. The molecule has 1 amide bonds. The van der Waals surface area contributed by atoms with Crippen LogP contribution in [0.1, 0.15) is 22.5 Å². The van der Waals surface area contributed by atoms with Gasteiger partial charge in [0.2, 0.25) is 5.91 Å². The summed E-state index contributed by atoms with van der Waals surface area (Å²) in [6.07, 6.45) is 3.96. The normalized spacial score (nSPS) is 14.8. The molecule has 156 valence electrons. The third-order valence-electron chi connectivity index (χ3n) is 5.72. The van der Waals surface area contributed by atoms with Gasteiger partial charge in [0.25, 0.3) is 0 Å². The number of aromatic nitrogens is 3. The number of aryl methyl sites for hydroxylation is 1. The fraction of sp³-hybridized carbons (Fsp3) is 0.348. The highest BCUT2D eigenvalue weighted by molar-refractivity contribution is 5.79. The van der Waals surface area contributed by atoms with Crippen molar-refractivity contribution < 1.29 is 9.18 Å². The zero-order valence-electron chi connectivity index (χ0n) is 17.4. The van der Waals surface area contributed by atoms with Gasteiger partial charge >= 0.3 is 0 Å². The lowest BCUT2D eigenvalue weighted by atomic mass is 10.1. The minimum Gasteiger partial charge on any atom is -0.340 e. The highest BCUT2D eigenvalue weighted by Gasteiger charge is 2.23. The van der Waals surface area contributed by atoms with Crippen molar-refractivity contribution in [2.24, 2.45) is 0 Å². The van der Waals surface area contributed by atoms with Crippen LogP contribution in [0.25, 0.3) is 5.69 Å². The molecule has 4 rings (SSSR count). The van der Waals surface area contributed by atoms with E-state index in [4.69, 9.17) is 0 Å². The second-order valence-corrected chi connectivity index (χ2v) is 7.73. The first-order valence-electron chi connectivity index (χ1n) is 10.2. The van der Waals surface area contributed by atoms with E-state index in [9.17, 15) is 9.18 Å². The number of amides is 1. The van der Waals surface area contributed by atoms with Crippen molar-refractivity contribution in [3.63, 3.8) is 0 Å². The molecule has 1 saturated heterocycles. The average Bonchev–Trinajstić information content (AvgIpc) is 3.04. The van der Waals surface area contributed by atoms with Gasteiger partial charge in [0.05, 0.1) is 17.8 Å². The summed E-state index contributed by atoms with van der Waals surface area (Å²) in [6, 6.07) is 10.3. The molecule has 7 heteroatoms. The van der Waals surface area contributed by atoms with Gasteiger partial charge in [-0.2, -0.15) is 5.10 Å². The molecule has 0 aliphatic carbocycles. The number of carbonyl (C=O) groups is 1. The standard InChI is InChI=1S/C23H26FN5O/c1-17-22(18(2)29(26-17)21-5-3-20(24)4-6-21)15-23(30)28-13-11-27(12-14-28)16-19-7-9-25-10-8-19/h3-10H,11-16H2,1-2H3. The van der Waals surface area contributed by atoms with E-state index in [1.165, 1.54) is 17.7 Å². The molecule has 6 nitrogen and oxygen atoms in total. The number of pyridine rings is 1. The van der Waals surface area contributed by atoms with Crippen molar-refractivity contribution in [2.75, 3.05) is 26.2 Å². The van der Waals surface area contributed by atoms with Crippen LogP contribution in [0.3, 0.4) is 0 Å². The Morgan fingerprint density at radius 2 is 1.67 bits per heavy atom. The molecule has 0 saturated carbocycles. The molecule has 0 unspecified atom stereocenters. The summed E-state index contributed by atoms with van der Waals surface area (Å²) in [5.41, 5.74) is 4.73. The quantitative estimate of drug-likeness (QED) is 0.653. The van der Waals surface area contributed by atoms with Crippen molar-refractivity contribution >= 4 is 5.91 Å². The number of benzene rings is 1. The SMILES string of the molecule is Cc1nn(-c2ccc(F)cc2)c(C)c1CC(=O)N1CCN(Cc2ccncc2)CC1. The topological polar surface area (TPSA) is 54.3 Å². The van der Waals surface area contributed by atoms with E-state index >= 15 is 0 Å². The molecule has 0 radical (unpaired) electrons. The third kappa shape index (κ3) is 4.41. The lowest BCUT2D eigenvalue weighted by molar-refractivity contribution is -0.132. The van der Waals surface area contributed by atoms with E-state index in [-0.39, 0.29) is 11.7 Å². The van der Waals surface area contributed by atoms with Crippen LogP contribution in [0.2, 0.25) is 0 Å². The van der Waals surface area contributed by atoms with Crippen LogP contribution in [0, 0.1) is 19.7 Å². The van der Waals surface area contributed by atoms with Gasteiger partial charge in [-0.3, -0.25) is 14.7 Å². The number of piperazine rings is 1. The molecular weight excluding hydrogens is 381 g/mol. The van der Waals surface area contributed by atoms with Crippen LogP contribution in [0.5, 0.6) is 0 Å². The molecule has 0 bridgehead atoms. The second kappa shape index (κ2) is 8.75. The fourth-order valence-corrected chi connectivity index (χ4v) is 3.93. The zero-order valence-corrected chi connectivity index (χ0v) is 17.4. The molecule has 30 heavy (non-hydrogen) atoms. The molecule has 0 atom stereocenters. The first-order valence-corrected chi connectivity index (χ1v) is 10.2. The first-order chi connectivity index (χ1) is 14.5. The number of hydrogen-bond donors (Lipinski definition) is 0. The summed E-state index contributed by atoms with van der Waals surface area (Å²) in [5.74, 6) is -0.151. The van der Waals surface area contributed by atoms with Crippen LogP contribution in [0.4, 0.5) is 4.39 Å². The van der Waals surface area contributed by atoms with E-state index in [0.717, 1.165) is 55.4 Å². The largest absolute Gasteiger partial charge is 0.340 e. The number of hydrogen-bond acceptors (Lipinski definition) is 4. The first kappa shape index (κ1) is 20.2. The molecule has 1 aliphatic heterocycles. The predicted molar refractivity (Wildman–Crippen MR) is 113 cm³/mol. The van der Waals surface area contributed by atoms with Gasteiger partial charge in [-0.1, -0.05) is 0 Å². The summed E-state index contributed by atoms with van der Waals surface area (Å²) in [5, 5.41) is 4.58. The number of carbonyl (C=O) groups excluding carboxylic acids is 1. The molecule has 1 aliphatic rings. The van der Waals surface area contributed by atoms with Crippen molar-refractivity contribution in [3.05, 3.63) is 77.1 Å². The third-order valence-corrected chi connectivity index (χ3v) is 5.72. The van der Waals surface area contributed by atoms with E-state index in [1.807, 2.05) is 43.3 Å². The van der Waals surface area contributed by atoms with Gasteiger partial charge in [0.1, 0.15) is 5.82 Å². The van der Waals surface area contributed by atoms with Gasteiger partial charge < -0.3 is 4.90 Å². The second-order valence-electron chi connectivity index (χ2n) is 7.73. The molecule has 2 aromatic heterocycles. The Balaban J connectivity index is 1.38. The number of halogens is 1. The van der Waals surface area contributed by atoms with Crippen molar-refractivity contribution in [2.45, 2.75) is 26.8 Å². The molecule has 3 aromatic rings. The van der Waals surface area contributed by atoms with E-state index < -0.39 is 0 Å². The Morgan fingerprint density at radius 1 is 1.00 bits per heavy atom. The van der Waals surface area contributed by atoms with Gasteiger partial charge in [-0.15, -0.1) is 0 Å². The summed E-state index contributed by atoms with van der Waals surface area (Å²) in [6.45, 7) is 7.94. The minimum absolute atomic E-state index is 0.128. The van der Waals surface area contributed by atoms with Crippen molar-refractivity contribution in [1.82, 2.24) is 24.6 Å². The summed E-state index contributed by atoms with van der Waals surface area (Å²) in [7, 11) is 0. The maximum atomic E-state index is 13.2. The molecule has 1 fully saturated rings. The number of nitrogens with zero attached hydrogens (tertiary/aromatic N) is 5. The Morgan fingerprint density at radius 3 is 2.33 bits per heavy atom. The van der Waals surface area contributed by atoms with E-state index in [1.54, 1.807) is 16.8 Å². The lowest BCUT2D eigenvalue weighted by Crippen LogP contribution is -2.48. The van der Waals surface area contributed by atoms with Gasteiger partial charge in [-0.05, 0) is 55.8 Å². The maximum Gasteiger partial charge on any atom is 0.227 e. The fourth-order valence-electron chi connectivity index (χ4n) is 3.93. The Kier molecular flexibility index (Phi) is 5.90. The maximum absolute atomic E-state index is 13.2. The van der Waals surface area contributed by atoms with Crippen LogP contribution < -0.4 is 0 Å². The van der Waals surface area contributed by atoms with Gasteiger partial charge in [0, 0.05) is 56.4 Å². The molecule has 1 aromatic carbocycles. The smallest absolute Gasteiger partial charge is 0.227 e. The van der Waals surface area contributed by atoms with Crippen LogP contribution in [0.15, 0.2) is 48.8 Å². The van der Waals surface area contributed by atoms with Crippen molar-refractivity contribution in [1.29, 1.82) is 0 Å². The predicted octanol–water partition coefficient (Wildman–Crippen LogP) is 2.91. The van der Waals surface area contributed by atoms with Crippen LogP contribution in [-0.2, 0) is 17.8 Å². The van der Waals surface area contributed by atoms with Crippen LogP contribution in [-0.4, -0.2) is 56.7 Å². The molecule has 0 N–H and O–H groups in total. The summed E-state index contributed by atoms with van der Waals surface area (Å²) < 4.78 is 15.0. The van der Waals surface area contributed by atoms with Crippen molar-refractivity contribution in [3.8, 4) is 5.69 Å². The Hall–Kier alpha value is -3.06. The molecular formula is C23H26FN5O. The van der Waals surface area contributed by atoms with Gasteiger partial charge in [-0.25, -0.2) is 9.07 Å². The summed E-state index contributed by atoms with van der Waals surface area (Å²) in [4.78, 5) is 21.3. The van der Waals surface area contributed by atoms with E-state index in [0.29, 0.717) is 6.42 Å². The van der Waals surface area contributed by atoms with Gasteiger partial charge in [0.15, 0.2) is 0 Å². The minimum atomic E-state index is -0.279. The highest BCUT2D eigenvalue weighted by atomic mass is 19.1. The summed E-state index contributed by atoms with van der Waals surface area (Å²) >= 11 is 0.